The summed E-state index contributed by atoms with van der Waals surface area (Å²) in [5.41, 5.74) is 8.69. The van der Waals surface area contributed by atoms with Crippen molar-refractivity contribution in [3.05, 3.63) is 39.9 Å². The molecule has 19 heavy (non-hydrogen) atoms. The van der Waals surface area contributed by atoms with E-state index >= 15 is 0 Å². The Balaban J connectivity index is 2.32. The monoisotopic (exact) mass is 265 g/mol. The Hall–Kier alpha value is -2.03. The molecular formula is C11H15N5O3. The van der Waals surface area contributed by atoms with E-state index in [1.165, 1.54) is 12.1 Å². The number of nitro groups is 1. The number of hydrogen-bond donors (Lipinski definition) is 4. The molecule has 1 fully saturated rings. The SMILES string of the molecule is CC1NNC(c2cccc([N+](=O)[O-])c2)C1C(=O)NN. The molecule has 1 aromatic carbocycles. The first-order chi connectivity index (χ1) is 9.04. The maximum atomic E-state index is 11.8. The van der Waals surface area contributed by atoms with Crippen LogP contribution in [-0.2, 0) is 4.79 Å². The summed E-state index contributed by atoms with van der Waals surface area (Å²) >= 11 is 0. The summed E-state index contributed by atoms with van der Waals surface area (Å²) in [5, 5.41) is 10.8. The predicted octanol–water partition coefficient (Wildman–Crippen LogP) is -0.262. The summed E-state index contributed by atoms with van der Waals surface area (Å²) in [4.78, 5) is 22.1. The molecule has 5 N–H and O–H groups in total. The highest BCUT2D eigenvalue weighted by atomic mass is 16.6. The van der Waals surface area contributed by atoms with Gasteiger partial charge in [0.2, 0.25) is 5.91 Å². The summed E-state index contributed by atoms with van der Waals surface area (Å²) in [7, 11) is 0. The molecule has 0 aliphatic carbocycles. The van der Waals surface area contributed by atoms with Gasteiger partial charge in [0.1, 0.15) is 0 Å². The van der Waals surface area contributed by atoms with Crippen molar-refractivity contribution in [2.75, 3.05) is 0 Å². The number of rotatable bonds is 3. The third kappa shape index (κ3) is 2.55. The molecule has 2 rings (SSSR count). The molecule has 8 heteroatoms. The van der Waals surface area contributed by atoms with Gasteiger partial charge in [-0.2, -0.15) is 0 Å². The molecule has 3 unspecified atom stereocenters. The van der Waals surface area contributed by atoms with Crippen LogP contribution in [0.3, 0.4) is 0 Å². The van der Waals surface area contributed by atoms with Gasteiger partial charge in [-0.15, -0.1) is 0 Å². The molecule has 0 bridgehead atoms. The van der Waals surface area contributed by atoms with Crippen LogP contribution < -0.4 is 22.1 Å². The maximum absolute atomic E-state index is 11.8. The number of nitrogens with zero attached hydrogens (tertiary/aromatic N) is 1. The second kappa shape index (κ2) is 5.31. The van der Waals surface area contributed by atoms with E-state index in [4.69, 9.17) is 5.84 Å². The van der Waals surface area contributed by atoms with Gasteiger partial charge >= 0.3 is 0 Å². The molecule has 3 atom stereocenters. The topological polar surface area (TPSA) is 122 Å². The summed E-state index contributed by atoms with van der Waals surface area (Å²) in [6, 6.07) is 5.70. The fourth-order valence-corrected chi connectivity index (χ4v) is 2.29. The van der Waals surface area contributed by atoms with Gasteiger partial charge in [-0.3, -0.25) is 25.8 Å². The molecule has 1 heterocycles. The largest absolute Gasteiger partial charge is 0.294 e. The quantitative estimate of drug-likeness (QED) is 0.258. The number of nitrogens with one attached hydrogen (secondary N) is 3. The second-order valence-corrected chi connectivity index (χ2v) is 4.44. The van der Waals surface area contributed by atoms with Crippen LogP contribution in [-0.4, -0.2) is 16.9 Å². The van der Waals surface area contributed by atoms with Crippen molar-refractivity contribution >= 4 is 11.6 Å². The average molecular weight is 265 g/mol. The molecule has 102 valence electrons. The van der Waals surface area contributed by atoms with E-state index in [1.54, 1.807) is 12.1 Å². The van der Waals surface area contributed by atoms with E-state index in [0.29, 0.717) is 5.56 Å². The lowest BCUT2D eigenvalue weighted by Crippen LogP contribution is -2.41. The number of hydrogen-bond acceptors (Lipinski definition) is 6. The summed E-state index contributed by atoms with van der Waals surface area (Å²) in [5.74, 6) is 4.41. The smallest absolute Gasteiger partial charge is 0.269 e. The zero-order chi connectivity index (χ0) is 14.0. The number of hydrazine groups is 2. The van der Waals surface area contributed by atoms with Gasteiger partial charge in [-0.25, -0.2) is 11.3 Å². The van der Waals surface area contributed by atoms with Gasteiger partial charge in [-0.05, 0) is 12.5 Å². The van der Waals surface area contributed by atoms with Gasteiger partial charge in [0, 0.05) is 18.2 Å². The summed E-state index contributed by atoms with van der Waals surface area (Å²) in [6.07, 6.45) is 0. The van der Waals surface area contributed by atoms with Crippen molar-refractivity contribution in [2.24, 2.45) is 11.8 Å². The number of carbonyl (C=O) groups excluding carboxylic acids is 1. The van der Waals surface area contributed by atoms with E-state index < -0.39 is 10.8 Å². The minimum atomic E-state index is -0.465. The zero-order valence-corrected chi connectivity index (χ0v) is 10.3. The van der Waals surface area contributed by atoms with Crippen LogP contribution in [0.1, 0.15) is 18.5 Å². The van der Waals surface area contributed by atoms with Crippen molar-refractivity contribution in [2.45, 2.75) is 19.0 Å². The first kappa shape index (κ1) is 13.4. The molecule has 8 nitrogen and oxygen atoms in total. The first-order valence-corrected chi connectivity index (χ1v) is 5.80. The van der Waals surface area contributed by atoms with Crippen LogP contribution in [0.2, 0.25) is 0 Å². The first-order valence-electron chi connectivity index (χ1n) is 5.80. The average Bonchev–Trinajstić information content (AvgIpc) is 2.80. The van der Waals surface area contributed by atoms with Gasteiger partial charge < -0.3 is 0 Å². The normalized spacial score (nSPS) is 26.1. The van der Waals surface area contributed by atoms with E-state index in [9.17, 15) is 14.9 Å². The Morgan fingerprint density at radius 3 is 2.84 bits per heavy atom. The number of non-ortho nitro benzene ring substituents is 1. The summed E-state index contributed by atoms with van der Waals surface area (Å²) in [6.45, 7) is 1.84. The van der Waals surface area contributed by atoms with E-state index in [-0.39, 0.29) is 23.7 Å². The van der Waals surface area contributed by atoms with Crippen molar-refractivity contribution < 1.29 is 9.72 Å². The van der Waals surface area contributed by atoms with Crippen LogP contribution in [0.15, 0.2) is 24.3 Å². The Bertz CT molecular complexity index is 507. The molecule has 1 saturated heterocycles. The molecular weight excluding hydrogens is 250 g/mol. The van der Waals surface area contributed by atoms with Gasteiger partial charge in [-0.1, -0.05) is 12.1 Å². The predicted molar refractivity (Wildman–Crippen MR) is 67.4 cm³/mol. The molecule has 0 aromatic heterocycles. The highest BCUT2D eigenvalue weighted by Crippen LogP contribution is 2.30. The molecule has 0 saturated carbocycles. The lowest BCUT2D eigenvalue weighted by molar-refractivity contribution is -0.384. The van der Waals surface area contributed by atoms with Gasteiger partial charge in [0.05, 0.1) is 16.9 Å². The lowest BCUT2D eigenvalue weighted by atomic mass is 9.89. The van der Waals surface area contributed by atoms with Crippen LogP contribution >= 0.6 is 0 Å². The number of nitro benzene ring substituents is 1. The minimum Gasteiger partial charge on any atom is -0.294 e. The van der Waals surface area contributed by atoms with Crippen molar-refractivity contribution in [3.8, 4) is 0 Å². The molecule has 1 aliphatic heterocycles. The highest BCUT2D eigenvalue weighted by Gasteiger charge is 2.39. The number of nitrogens with two attached hydrogens (primary N) is 1. The van der Waals surface area contributed by atoms with Gasteiger partial charge in [0.15, 0.2) is 0 Å². The Labute approximate surface area is 109 Å². The van der Waals surface area contributed by atoms with Crippen LogP contribution in [0.4, 0.5) is 5.69 Å². The Morgan fingerprint density at radius 1 is 1.47 bits per heavy atom. The molecule has 1 amide bonds. The highest BCUT2D eigenvalue weighted by molar-refractivity contribution is 5.80. The standard InChI is InChI=1S/C11H15N5O3/c1-6-9(11(17)13-12)10(15-14-6)7-3-2-4-8(5-7)16(18)19/h2-6,9-10,14-15H,12H2,1H3,(H,13,17). The Morgan fingerprint density at radius 2 is 2.21 bits per heavy atom. The van der Waals surface area contributed by atoms with Gasteiger partial charge in [0.25, 0.3) is 5.69 Å². The second-order valence-electron chi connectivity index (χ2n) is 4.44. The van der Waals surface area contributed by atoms with Crippen LogP contribution in [0, 0.1) is 16.0 Å². The summed E-state index contributed by atoms with van der Waals surface area (Å²) < 4.78 is 0. The van der Waals surface area contributed by atoms with E-state index in [1.807, 2.05) is 6.92 Å². The third-order valence-corrected chi connectivity index (χ3v) is 3.25. The molecule has 0 radical (unpaired) electrons. The number of amides is 1. The lowest BCUT2D eigenvalue weighted by Gasteiger charge is -2.19. The van der Waals surface area contributed by atoms with Crippen molar-refractivity contribution in [3.63, 3.8) is 0 Å². The number of benzene rings is 1. The fourth-order valence-electron chi connectivity index (χ4n) is 2.29. The Kier molecular flexibility index (Phi) is 3.74. The maximum Gasteiger partial charge on any atom is 0.269 e. The third-order valence-electron chi connectivity index (χ3n) is 3.25. The minimum absolute atomic E-state index is 0.00856. The van der Waals surface area contributed by atoms with Crippen molar-refractivity contribution in [1.29, 1.82) is 0 Å². The number of carbonyl (C=O) groups is 1. The van der Waals surface area contributed by atoms with Crippen LogP contribution in [0.5, 0.6) is 0 Å². The molecule has 0 spiro atoms. The fraction of sp³-hybridized carbons (Fsp3) is 0.364. The van der Waals surface area contributed by atoms with Crippen molar-refractivity contribution in [1.82, 2.24) is 16.3 Å². The molecule has 1 aliphatic rings. The zero-order valence-electron chi connectivity index (χ0n) is 10.3. The molecule has 1 aromatic rings. The van der Waals surface area contributed by atoms with Crippen LogP contribution in [0.25, 0.3) is 0 Å². The van der Waals surface area contributed by atoms with E-state index in [0.717, 1.165) is 0 Å². The van der Waals surface area contributed by atoms with E-state index in [2.05, 4.69) is 16.3 Å².